The Morgan fingerprint density at radius 2 is 1.33 bits per heavy atom. The average molecular weight is 482 g/mol. The third kappa shape index (κ3) is 3.53. The lowest BCUT2D eigenvalue weighted by Crippen LogP contribution is -2.26. The topological polar surface area (TPSA) is 156 Å². The molecule has 0 unspecified atom stereocenters. The van der Waals surface area contributed by atoms with Gasteiger partial charge in [-0.15, -0.1) is 0 Å². The molecule has 0 aromatic heterocycles. The van der Waals surface area contributed by atoms with Crippen molar-refractivity contribution in [2.75, 3.05) is 0 Å². The monoisotopic (exact) mass is 482 g/mol. The molecule has 10 nitrogen and oxygen atoms in total. The molecule has 0 amide bonds. The summed E-state index contributed by atoms with van der Waals surface area (Å²) in [7, 11) is 0. The Morgan fingerprint density at radius 1 is 0.778 bits per heavy atom. The van der Waals surface area contributed by atoms with Crippen LogP contribution in [0.5, 0.6) is 0 Å². The number of ketones is 2. The van der Waals surface area contributed by atoms with Gasteiger partial charge in [-0.1, -0.05) is 48.5 Å². The van der Waals surface area contributed by atoms with Gasteiger partial charge in [0.25, 0.3) is 5.69 Å². The van der Waals surface area contributed by atoms with E-state index in [0.717, 1.165) is 0 Å². The second-order valence-electron chi connectivity index (χ2n) is 7.77. The average Bonchev–Trinajstić information content (AvgIpc) is 3.17. The van der Waals surface area contributed by atoms with Crippen molar-refractivity contribution in [1.82, 2.24) is 0 Å². The molecule has 3 aromatic carbocycles. The molecule has 3 aromatic rings. The quantitative estimate of drug-likeness (QED) is 0.315. The zero-order chi connectivity index (χ0) is 25.6. The van der Waals surface area contributed by atoms with E-state index in [-0.39, 0.29) is 33.8 Å². The van der Waals surface area contributed by atoms with Crippen LogP contribution < -0.4 is 0 Å². The summed E-state index contributed by atoms with van der Waals surface area (Å²) in [6.07, 6.45) is 0. The Morgan fingerprint density at radius 3 is 1.94 bits per heavy atom. The minimum atomic E-state index is -1.23. The Kier molecular flexibility index (Phi) is 5.25. The minimum absolute atomic E-state index is 0.0166. The van der Waals surface area contributed by atoms with Gasteiger partial charge in [0.1, 0.15) is 11.3 Å². The smallest absolute Gasteiger partial charge is 0.349 e. The largest absolute Gasteiger partial charge is 0.506 e. The molecule has 0 heterocycles. The molecule has 176 valence electrons. The van der Waals surface area contributed by atoms with E-state index >= 15 is 0 Å². The molecule has 0 aliphatic heterocycles. The molecule has 0 spiro atoms. The van der Waals surface area contributed by atoms with E-state index < -0.39 is 45.3 Å². The molecule has 2 aliphatic rings. The fourth-order valence-electron chi connectivity index (χ4n) is 3.94. The first-order valence-corrected chi connectivity index (χ1v) is 10.5. The third-order valence-electron chi connectivity index (χ3n) is 5.66. The number of hydrogen-bond donors (Lipinski definition) is 2. The van der Waals surface area contributed by atoms with Crippen LogP contribution in [0, 0.1) is 10.1 Å². The third-order valence-corrected chi connectivity index (χ3v) is 5.66. The van der Waals surface area contributed by atoms with Crippen LogP contribution in [-0.4, -0.2) is 38.4 Å². The Bertz CT molecular complexity index is 1600. The predicted octanol–water partition coefficient (Wildman–Crippen LogP) is 4.39. The van der Waals surface area contributed by atoms with Crippen molar-refractivity contribution >= 4 is 40.4 Å². The van der Waals surface area contributed by atoms with Crippen molar-refractivity contribution in [3.05, 3.63) is 122 Å². The van der Waals surface area contributed by atoms with Gasteiger partial charge in [-0.25, -0.2) is 9.79 Å². The van der Waals surface area contributed by atoms with E-state index in [1.54, 1.807) is 24.3 Å². The van der Waals surface area contributed by atoms with Crippen molar-refractivity contribution in [1.29, 1.82) is 0 Å². The summed E-state index contributed by atoms with van der Waals surface area (Å²) < 4.78 is 5.18. The summed E-state index contributed by atoms with van der Waals surface area (Å²) in [6, 6.07) is 17.4. The van der Waals surface area contributed by atoms with E-state index in [0.29, 0.717) is 5.56 Å². The number of rotatable bonds is 4. The molecule has 36 heavy (non-hydrogen) atoms. The van der Waals surface area contributed by atoms with E-state index in [1.807, 2.05) is 0 Å². The highest BCUT2D eigenvalue weighted by atomic mass is 16.6. The minimum Gasteiger partial charge on any atom is -0.506 e. The van der Waals surface area contributed by atoms with Crippen LogP contribution in [0.4, 0.5) is 11.4 Å². The van der Waals surface area contributed by atoms with Crippen LogP contribution in [0.15, 0.2) is 94.9 Å². The van der Waals surface area contributed by atoms with Gasteiger partial charge in [0.05, 0.1) is 16.3 Å². The number of nitro groups is 1. The maximum absolute atomic E-state index is 13.2. The van der Waals surface area contributed by atoms with Crippen LogP contribution in [-0.2, 0) is 9.53 Å². The van der Waals surface area contributed by atoms with Gasteiger partial charge in [-0.3, -0.25) is 19.7 Å². The number of allylic oxidation sites excluding steroid dienone is 2. The Labute approximate surface area is 202 Å². The first-order valence-electron chi connectivity index (χ1n) is 10.5. The van der Waals surface area contributed by atoms with Gasteiger partial charge < -0.3 is 14.9 Å². The van der Waals surface area contributed by atoms with Crippen LogP contribution >= 0.6 is 0 Å². The fourth-order valence-corrected chi connectivity index (χ4v) is 3.94. The summed E-state index contributed by atoms with van der Waals surface area (Å²) >= 11 is 0. The maximum atomic E-state index is 13.2. The lowest BCUT2D eigenvalue weighted by atomic mass is 9.92. The lowest BCUT2D eigenvalue weighted by molar-refractivity contribution is -0.384. The van der Waals surface area contributed by atoms with E-state index in [1.165, 1.54) is 48.5 Å². The predicted molar refractivity (Wildman–Crippen MR) is 126 cm³/mol. The summed E-state index contributed by atoms with van der Waals surface area (Å²) in [4.78, 5) is 53.4. The fraction of sp³-hybridized carbons (Fsp3) is 0. The maximum Gasteiger partial charge on any atom is 0.349 e. The van der Waals surface area contributed by atoms with Crippen molar-refractivity contribution in [3.8, 4) is 0 Å². The number of benzene rings is 3. The standard InChI is InChI=1S/C26H14N2O8/c29-21-16-6-2-1-5-15(16)20(27-13-9-11-14(12-10-13)28(34)35)19(21)26(33)36-25-23(31)18-8-4-3-7-17(18)22(30)24(25)32/h1-12,29,32H. The number of nitro benzene ring substituents is 1. The van der Waals surface area contributed by atoms with Gasteiger partial charge in [-0.05, 0) is 12.1 Å². The Hall–Kier alpha value is -5.38. The van der Waals surface area contributed by atoms with Gasteiger partial charge in [0.2, 0.25) is 23.1 Å². The SMILES string of the molecule is O=C(OC1=C(O)C(=O)c2ccccc2C1=O)C1=C(O)c2ccccc2C1=Nc1ccc([N+](=O)[O-])cc1. The highest BCUT2D eigenvalue weighted by Crippen LogP contribution is 2.35. The van der Waals surface area contributed by atoms with Crippen molar-refractivity contribution < 1.29 is 34.3 Å². The molecule has 0 bridgehead atoms. The summed E-state index contributed by atoms with van der Waals surface area (Å²) in [5, 5.41) is 32.1. The second-order valence-corrected chi connectivity index (χ2v) is 7.77. The highest BCUT2D eigenvalue weighted by molar-refractivity contribution is 6.36. The number of aliphatic hydroxyl groups is 2. The van der Waals surface area contributed by atoms with Crippen LogP contribution in [0.25, 0.3) is 5.76 Å². The van der Waals surface area contributed by atoms with Gasteiger partial charge in [0, 0.05) is 34.4 Å². The van der Waals surface area contributed by atoms with Crippen LogP contribution in [0.3, 0.4) is 0 Å². The number of hydrogen-bond acceptors (Lipinski definition) is 9. The van der Waals surface area contributed by atoms with Crippen molar-refractivity contribution in [3.63, 3.8) is 0 Å². The molecule has 0 saturated heterocycles. The summed E-state index contributed by atoms with van der Waals surface area (Å²) in [5.41, 5.74) is 0.212. The van der Waals surface area contributed by atoms with Gasteiger partial charge in [-0.2, -0.15) is 0 Å². The number of nitrogens with zero attached hydrogens (tertiary/aromatic N) is 2. The van der Waals surface area contributed by atoms with E-state index in [9.17, 15) is 34.7 Å². The van der Waals surface area contributed by atoms with E-state index in [4.69, 9.17) is 4.74 Å². The van der Waals surface area contributed by atoms with Crippen molar-refractivity contribution in [2.24, 2.45) is 4.99 Å². The number of aliphatic hydroxyl groups excluding tert-OH is 2. The number of carbonyl (C=O) groups is 3. The zero-order valence-corrected chi connectivity index (χ0v) is 18.2. The Balaban J connectivity index is 1.56. The first kappa shape index (κ1) is 22.4. The van der Waals surface area contributed by atoms with Crippen LogP contribution in [0.2, 0.25) is 0 Å². The second kappa shape index (κ2) is 8.44. The number of esters is 1. The summed E-state index contributed by atoms with van der Waals surface area (Å²) in [5.74, 6) is -5.37. The molecule has 0 atom stereocenters. The van der Waals surface area contributed by atoms with Crippen LogP contribution in [0.1, 0.15) is 31.8 Å². The lowest BCUT2D eigenvalue weighted by Gasteiger charge is -2.17. The number of aliphatic imine (C=N–C) groups is 1. The molecule has 2 N–H and O–H groups in total. The highest BCUT2D eigenvalue weighted by Gasteiger charge is 2.39. The molecule has 5 rings (SSSR count). The summed E-state index contributed by atoms with van der Waals surface area (Å²) in [6.45, 7) is 0. The van der Waals surface area contributed by atoms with Gasteiger partial charge >= 0.3 is 5.97 Å². The molecule has 2 aliphatic carbocycles. The van der Waals surface area contributed by atoms with Crippen molar-refractivity contribution in [2.45, 2.75) is 0 Å². The van der Waals surface area contributed by atoms with E-state index in [2.05, 4.69) is 4.99 Å². The number of carbonyl (C=O) groups excluding carboxylic acids is 3. The molecular formula is C26H14N2O8. The molecular weight excluding hydrogens is 468 g/mol. The van der Waals surface area contributed by atoms with Gasteiger partial charge in [0.15, 0.2) is 0 Å². The number of ether oxygens (including phenoxy) is 1. The molecule has 0 saturated carbocycles. The normalized spacial score (nSPS) is 15.7. The number of non-ortho nitro benzene ring substituents is 1. The first-order chi connectivity index (χ1) is 17.3. The zero-order valence-electron chi connectivity index (χ0n) is 18.2. The molecule has 10 heteroatoms. The molecule has 0 fully saturated rings. The number of fused-ring (bicyclic) bond motifs is 2. The molecule has 0 radical (unpaired) electrons. The number of Topliss-reactive ketones (excluding diaryl/α,β-unsaturated/α-hetero) is 2.